The molecule has 2 nitrogen and oxygen atoms in total. The average Bonchev–Trinajstić information content (AvgIpc) is 1.41. The Labute approximate surface area is 527 Å². The van der Waals surface area contributed by atoms with Crippen LogP contribution < -0.4 is 0 Å². The van der Waals surface area contributed by atoms with Gasteiger partial charge in [-0.15, -0.1) is 0 Å². The molecule has 0 saturated heterocycles. The molecule has 2 heterocycles. The summed E-state index contributed by atoms with van der Waals surface area (Å²) in [5.74, 6) is 0. The second-order valence-corrected chi connectivity index (χ2v) is 22.6. The summed E-state index contributed by atoms with van der Waals surface area (Å²) < 4.78 is 155. The molecule has 1 aliphatic carbocycles. The molecule has 0 unspecified atom stereocenters. The Hall–Kier alpha value is -11.1. The van der Waals surface area contributed by atoms with E-state index in [1.807, 2.05) is 158 Å². The van der Waals surface area contributed by atoms with E-state index in [-0.39, 0.29) is 96.8 Å². The Morgan fingerprint density at radius 1 is 0.241 bits per heavy atom. The van der Waals surface area contributed by atoms with Gasteiger partial charge in [-0.25, -0.2) is 0 Å². The van der Waals surface area contributed by atoms with Crippen LogP contribution in [0.2, 0.25) is 0 Å². The Morgan fingerprint density at radius 3 is 1.01 bits per heavy atom. The molecule has 0 atom stereocenters. The van der Waals surface area contributed by atoms with Gasteiger partial charge < -0.3 is 8.83 Å². The number of hydrogen-bond acceptors (Lipinski definition) is 2. The highest BCUT2D eigenvalue weighted by Gasteiger charge is 2.35. The van der Waals surface area contributed by atoms with Gasteiger partial charge in [0.2, 0.25) is 0 Å². The zero-order chi connectivity index (χ0) is 71.7. The molecule has 15 aromatic carbocycles. The molecule has 87 heavy (non-hydrogen) atoms. The molecular formula is C85H56O2. The van der Waals surface area contributed by atoms with E-state index in [9.17, 15) is 5.48 Å². The molecule has 18 rings (SSSR count). The van der Waals surface area contributed by atoms with E-state index in [4.69, 9.17) is 25.3 Å². The first-order valence-electron chi connectivity index (χ1n) is 36.8. The molecule has 0 N–H and O–H groups in total. The molecule has 408 valence electrons. The third-order valence-corrected chi connectivity index (χ3v) is 17.5. The summed E-state index contributed by atoms with van der Waals surface area (Å²) in [7, 11) is 0. The van der Waals surface area contributed by atoms with E-state index >= 15 is 0 Å². The number of benzene rings is 15. The van der Waals surface area contributed by atoms with Crippen molar-refractivity contribution in [2.45, 2.75) is 19.3 Å². The first-order valence-corrected chi connectivity index (χ1v) is 28.8. The third kappa shape index (κ3) is 8.17. The number of para-hydroxylation sites is 2. The smallest absolute Gasteiger partial charge is 0.135 e. The fraction of sp³-hybridized carbons (Fsp3) is 0.0353. The zero-order valence-corrected chi connectivity index (χ0v) is 46.9. The highest BCUT2D eigenvalue weighted by molar-refractivity contribution is 6.23. The maximum absolute atomic E-state index is 9.37. The van der Waals surface area contributed by atoms with Crippen molar-refractivity contribution >= 4 is 87.0 Å². The van der Waals surface area contributed by atoms with Gasteiger partial charge in [0.1, 0.15) is 22.3 Å². The molecule has 0 saturated carbocycles. The van der Waals surface area contributed by atoms with Gasteiger partial charge in [0.15, 0.2) is 0 Å². The van der Waals surface area contributed by atoms with Crippen molar-refractivity contribution in [2.24, 2.45) is 0 Å². The predicted molar refractivity (Wildman–Crippen MR) is 368 cm³/mol. The molecule has 2 heteroatoms. The number of fused-ring (bicyclic) bond motifs is 13. The minimum absolute atomic E-state index is 0.198. The van der Waals surface area contributed by atoms with Crippen molar-refractivity contribution in [1.82, 2.24) is 0 Å². The Morgan fingerprint density at radius 2 is 0.563 bits per heavy atom. The van der Waals surface area contributed by atoms with Crippen molar-refractivity contribution in [3.63, 3.8) is 0 Å². The molecule has 17 aromatic rings. The molecule has 0 bridgehead atoms. The quantitative estimate of drug-likeness (QED) is 0.155. The lowest BCUT2D eigenvalue weighted by Gasteiger charge is -2.22. The zero-order valence-electron chi connectivity index (χ0n) is 62.9. The summed E-state index contributed by atoms with van der Waals surface area (Å²) >= 11 is 0. The van der Waals surface area contributed by atoms with E-state index < -0.39 is 48.3 Å². The summed E-state index contributed by atoms with van der Waals surface area (Å²) in [6.07, 6.45) is 0. The van der Waals surface area contributed by atoms with Crippen molar-refractivity contribution in [1.29, 1.82) is 0 Å². The van der Waals surface area contributed by atoms with Gasteiger partial charge in [0, 0.05) is 27.0 Å². The van der Waals surface area contributed by atoms with E-state index in [1.54, 1.807) is 24.3 Å². The van der Waals surface area contributed by atoms with Gasteiger partial charge in [-0.1, -0.05) is 274 Å². The summed E-state index contributed by atoms with van der Waals surface area (Å²) in [6, 6.07) is 60.5. The Balaban J connectivity index is 0.000000155. The van der Waals surface area contributed by atoms with Crippen LogP contribution in [0.4, 0.5) is 0 Å². The van der Waals surface area contributed by atoms with Crippen LogP contribution in [0.25, 0.3) is 165 Å². The topological polar surface area (TPSA) is 26.3 Å². The third-order valence-electron chi connectivity index (χ3n) is 17.5. The largest absolute Gasteiger partial charge is 0.456 e. The van der Waals surface area contributed by atoms with Crippen molar-refractivity contribution < 1.29 is 30.8 Å². The molecule has 0 fully saturated rings. The lowest BCUT2D eigenvalue weighted by atomic mass is 9.81. The molecule has 0 amide bonds. The predicted octanol–water partition coefficient (Wildman–Crippen LogP) is 24.1. The maximum Gasteiger partial charge on any atom is 0.135 e. The van der Waals surface area contributed by atoms with Gasteiger partial charge in [-0.2, -0.15) is 0 Å². The minimum atomic E-state index is -0.420. The van der Waals surface area contributed by atoms with Gasteiger partial charge in [0.05, 0.1) is 21.9 Å². The van der Waals surface area contributed by atoms with Crippen LogP contribution in [0.15, 0.2) is 312 Å². The Kier molecular flexibility index (Phi) is 8.44. The van der Waals surface area contributed by atoms with Crippen molar-refractivity contribution in [2.75, 3.05) is 0 Å². The standard InChI is InChI=1S/C47H32O.C38H24O/c1-47(2)41-17-9-7-11-33(41)39-28-32(23-25-42(39)47)46-37-15-5-3-13-35(37)45(36-14-4-6-16-38(36)46)30-21-19-29(20-22-30)31-24-26-44-40(27-31)34-12-8-10-18-43(34)48-44;1-2-10-26(11-3-1)37-30-13-4-6-15-32(30)38(33-16-7-5-14-31(33)37)27-20-18-25(19-21-27)28-22-23-36-34(24-28)29-12-8-9-17-35(29)39-36/h3-28H,1-2H3;1-24H/i3D,4D,5D,6D,13D,14D,15D,16D;4D,5D,6D,7D,13D,14D,15D,16D. The first kappa shape index (κ1) is 36.6. The highest BCUT2D eigenvalue weighted by atomic mass is 16.3. The van der Waals surface area contributed by atoms with Gasteiger partial charge in [-0.3, -0.25) is 0 Å². The first-order chi connectivity index (χ1) is 49.5. The fourth-order valence-electron chi connectivity index (χ4n) is 13.4. The number of furan rings is 2. The summed E-state index contributed by atoms with van der Waals surface area (Å²) in [6.45, 7) is 4.35. The van der Waals surface area contributed by atoms with E-state index in [0.29, 0.717) is 44.5 Å². The van der Waals surface area contributed by atoms with Crippen LogP contribution in [0.5, 0.6) is 0 Å². The van der Waals surface area contributed by atoms with Gasteiger partial charge in [0.25, 0.3) is 0 Å². The SMILES string of the molecule is [2H]c1c([2H])c([2H])c2c(-c3ccc(-c4ccc5oc6ccccc6c5c4)cc3)c3c([2H])c([2H])c([2H])c([2H])c3c(-c3ccccc3)c2c1[2H].[2H]c1c([2H])c([2H])c2c(-c3ccc4c(c3)-c3ccccc3C4(C)C)c3c([2H])c([2H])c([2H])c([2H])c3c(-c3ccc(-c4ccc5oc6ccccc6c5c4)cc3)c2c1[2H]. The van der Waals surface area contributed by atoms with Gasteiger partial charge in [-0.05, 0) is 175 Å². The van der Waals surface area contributed by atoms with Crippen LogP contribution >= 0.6 is 0 Å². The van der Waals surface area contributed by atoms with Crippen LogP contribution in [-0.4, -0.2) is 0 Å². The molecule has 0 radical (unpaired) electrons. The second-order valence-electron chi connectivity index (χ2n) is 22.6. The molecule has 1 aliphatic rings. The monoisotopic (exact) mass is 1120 g/mol. The van der Waals surface area contributed by atoms with Crippen LogP contribution in [0.1, 0.15) is 46.9 Å². The molecule has 0 aliphatic heterocycles. The van der Waals surface area contributed by atoms with Crippen molar-refractivity contribution in [3.8, 4) is 77.9 Å². The number of hydrogen-bond donors (Lipinski definition) is 0. The fourth-order valence-corrected chi connectivity index (χ4v) is 13.4. The number of rotatable bonds is 6. The van der Waals surface area contributed by atoms with Crippen LogP contribution in [0.3, 0.4) is 0 Å². The summed E-state index contributed by atoms with van der Waals surface area (Å²) in [5.41, 5.74) is 14.6. The summed E-state index contributed by atoms with van der Waals surface area (Å²) in [4.78, 5) is 0. The van der Waals surface area contributed by atoms with E-state index in [2.05, 4.69) is 38.1 Å². The van der Waals surface area contributed by atoms with Crippen LogP contribution in [0, 0.1) is 0 Å². The average molecular weight is 1130 g/mol. The molecule has 2 aromatic heterocycles. The highest BCUT2D eigenvalue weighted by Crippen LogP contribution is 2.52. The maximum atomic E-state index is 9.37. The normalized spacial score (nSPS) is 15.1. The lowest BCUT2D eigenvalue weighted by Crippen LogP contribution is -2.14. The second kappa shape index (κ2) is 20.1. The minimum Gasteiger partial charge on any atom is -0.456 e. The van der Waals surface area contributed by atoms with Gasteiger partial charge >= 0.3 is 0 Å². The van der Waals surface area contributed by atoms with Crippen molar-refractivity contribution in [3.05, 3.63) is 314 Å². The molecular weight excluding hydrogens is 1050 g/mol. The van der Waals surface area contributed by atoms with E-state index in [1.165, 1.54) is 5.56 Å². The van der Waals surface area contributed by atoms with Crippen LogP contribution in [-0.2, 0) is 5.41 Å². The summed E-state index contributed by atoms with van der Waals surface area (Å²) in [5, 5.41) is 5.62. The Bertz CT molecular complexity index is 6420. The lowest BCUT2D eigenvalue weighted by molar-refractivity contribution is 0.660. The molecule has 0 spiro atoms. The van der Waals surface area contributed by atoms with E-state index in [0.717, 1.165) is 82.8 Å².